The molecule has 3 rings (SSSR count). The summed E-state index contributed by atoms with van der Waals surface area (Å²) in [5.74, 6) is 0.0735. The number of hydrogen-bond acceptors (Lipinski definition) is 5. The summed E-state index contributed by atoms with van der Waals surface area (Å²) < 4.78 is 44.4. The van der Waals surface area contributed by atoms with E-state index in [0.717, 1.165) is 4.31 Å². The Bertz CT molecular complexity index is 1030. The Morgan fingerprint density at radius 2 is 2.04 bits per heavy atom. The van der Waals surface area contributed by atoms with Crippen molar-refractivity contribution < 1.29 is 17.5 Å². The second-order valence-electron chi connectivity index (χ2n) is 5.44. The van der Waals surface area contributed by atoms with Gasteiger partial charge in [-0.3, -0.25) is 0 Å². The quantitative estimate of drug-likeness (QED) is 0.732. The van der Waals surface area contributed by atoms with Gasteiger partial charge in [0.15, 0.2) is 0 Å². The summed E-state index contributed by atoms with van der Waals surface area (Å²) in [6, 6.07) is 9.53. The van der Waals surface area contributed by atoms with Gasteiger partial charge in [-0.05, 0) is 29.8 Å². The number of halogens is 1. The molecule has 8 nitrogen and oxygen atoms in total. The van der Waals surface area contributed by atoms with Gasteiger partial charge in [0.1, 0.15) is 22.8 Å². The molecule has 0 spiro atoms. The highest BCUT2D eigenvalue weighted by Gasteiger charge is 2.15. The van der Waals surface area contributed by atoms with Gasteiger partial charge in [0, 0.05) is 19.7 Å². The van der Waals surface area contributed by atoms with E-state index in [2.05, 4.69) is 10.3 Å². The molecule has 1 heterocycles. The minimum atomic E-state index is -3.83. The maximum atomic E-state index is 14.5. The Kier molecular flexibility index (Phi) is 4.41. The summed E-state index contributed by atoms with van der Waals surface area (Å²) in [7, 11) is -0.968. The van der Waals surface area contributed by atoms with Crippen molar-refractivity contribution in [3.63, 3.8) is 0 Å². The molecule has 3 aromatic rings. The van der Waals surface area contributed by atoms with Crippen molar-refractivity contribution in [2.24, 2.45) is 5.14 Å². The number of hydrogen-bond donors (Lipinski definition) is 1. The third kappa shape index (κ3) is 3.45. The molecule has 0 aliphatic rings. The zero-order valence-electron chi connectivity index (χ0n) is 13.5. The third-order valence-electron chi connectivity index (χ3n) is 3.73. The van der Waals surface area contributed by atoms with Crippen LogP contribution in [0.2, 0.25) is 0 Å². The Balaban J connectivity index is 1.96. The van der Waals surface area contributed by atoms with Crippen LogP contribution in [0.3, 0.4) is 0 Å². The van der Waals surface area contributed by atoms with Gasteiger partial charge in [-0.15, -0.1) is 5.10 Å². The SMILES string of the molecule is COc1ccc2c(c1)nnn2-c1ccc(CN(C)S(N)(=O)=O)cc1F. The highest BCUT2D eigenvalue weighted by Crippen LogP contribution is 2.23. The van der Waals surface area contributed by atoms with Crippen molar-refractivity contribution in [1.82, 2.24) is 19.3 Å². The van der Waals surface area contributed by atoms with Gasteiger partial charge >= 0.3 is 0 Å². The lowest BCUT2D eigenvalue weighted by atomic mass is 10.2. The van der Waals surface area contributed by atoms with Crippen LogP contribution in [0.1, 0.15) is 5.56 Å². The summed E-state index contributed by atoms with van der Waals surface area (Å²) in [6.07, 6.45) is 0. The van der Waals surface area contributed by atoms with E-state index in [1.807, 2.05) is 0 Å². The molecule has 0 unspecified atom stereocenters. The Morgan fingerprint density at radius 1 is 1.28 bits per heavy atom. The van der Waals surface area contributed by atoms with E-state index in [4.69, 9.17) is 9.88 Å². The standard InChI is InChI=1S/C15H16FN5O3S/c1-20(25(17,22)23)9-10-3-5-14(12(16)7-10)21-15-6-4-11(24-2)8-13(15)18-19-21/h3-8H,9H2,1-2H3,(H2,17,22,23). The van der Waals surface area contributed by atoms with Crippen molar-refractivity contribution in [3.05, 3.63) is 47.8 Å². The van der Waals surface area contributed by atoms with Gasteiger partial charge in [0.25, 0.3) is 10.2 Å². The molecule has 10 heteroatoms. The Hall–Kier alpha value is -2.56. The molecule has 2 aromatic carbocycles. The van der Waals surface area contributed by atoms with Crippen LogP contribution in [0.25, 0.3) is 16.7 Å². The van der Waals surface area contributed by atoms with Crippen LogP contribution >= 0.6 is 0 Å². The maximum absolute atomic E-state index is 14.5. The molecule has 0 saturated carbocycles. The fraction of sp³-hybridized carbons (Fsp3) is 0.200. The monoisotopic (exact) mass is 365 g/mol. The molecule has 0 amide bonds. The molecule has 25 heavy (non-hydrogen) atoms. The van der Waals surface area contributed by atoms with E-state index in [1.165, 1.54) is 23.9 Å². The lowest BCUT2D eigenvalue weighted by molar-refractivity contribution is 0.415. The number of benzene rings is 2. The summed E-state index contributed by atoms with van der Waals surface area (Å²) in [5.41, 5.74) is 1.85. The number of nitrogens with zero attached hydrogens (tertiary/aromatic N) is 4. The molecule has 0 atom stereocenters. The lowest BCUT2D eigenvalue weighted by Crippen LogP contribution is -2.32. The summed E-state index contributed by atoms with van der Waals surface area (Å²) in [5, 5.41) is 13.0. The second kappa shape index (κ2) is 6.39. The van der Waals surface area contributed by atoms with E-state index in [-0.39, 0.29) is 12.2 Å². The fourth-order valence-electron chi connectivity index (χ4n) is 2.38. The fourth-order valence-corrected chi connectivity index (χ4v) is 2.71. The van der Waals surface area contributed by atoms with Crippen LogP contribution in [0.4, 0.5) is 4.39 Å². The van der Waals surface area contributed by atoms with Crippen molar-refractivity contribution in [2.75, 3.05) is 14.2 Å². The van der Waals surface area contributed by atoms with Crippen molar-refractivity contribution in [3.8, 4) is 11.4 Å². The molecule has 0 saturated heterocycles. The maximum Gasteiger partial charge on any atom is 0.276 e. The van der Waals surface area contributed by atoms with Gasteiger partial charge in [-0.1, -0.05) is 11.3 Å². The Labute approximate surface area is 143 Å². The molecule has 0 fully saturated rings. The van der Waals surface area contributed by atoms with Crippen LogP contribution in [-0.2, 0) is 16.8 Å². The van der Waals surface area contributed by atoms with E-state index < -0.39 is 16.0 Å². The molecule has 0 bridgehead atoms. The summed E-state index contributed by atoms with van der Waals surface area (Å²) in [4.78, 5) is 0. The highest BCUT2D eigenvalue weighted by molar-refractivity contribution is 7.86. The van der Waals surface area contributed by atoms with Crippen LogP contribution in [0.5, 0.6) is 5.75 Å². The average molecular weight is 365 g/mol. The first-order chi connectivity index (χ1) is 11.8. The number of rotatable bonds is 5. The van der Waals surface area contributed by atoms with Crippen molar-refractivity contribution >= 4 is 21.2 Å². The topological polar surface area (TPSA) is 103 Å². The van der Waals surface area contributed by atoms with Crippen molar-refractivity contribution in [1.29, 1.82) is 0 Å². The van der Waals surface area contributed by atoms with Gasteiger partial charge in [0.2, 0.25) is 0 Å². The highest BCUT2D eigenvalue weighted by atomic mass is 32.2. The number of ether oxygens (including phenoxy) is 1. The lowest BCUT2D eigenvalue weighted by Gasteiger charge is -2.14. The molecule has 2 N–H and O–H groups in total. The second-order valence-corrected chi connectivity index (χ2v) is 7.10. The zero-order valence-corrected chi connectivity index (χ0v) is 14.4. The minimum absolute atomic E-state index is 0.0364. The number of aromatic nitrogens is 3. The third-order valence-corrected chi connectivity index (χ3v) is 4.73. The van der Waals surface area contributed by atoms with Crippen LogP contribution < -0.4 is 9.88 Å². The molecule has 0 radical (unpaired) electrons. The van der Waals surface area contributed by atoms with Crippen LogP contribution in [-0.4, -0.2) is 41.9 Å². The Morgan fingerprint density at radius 3 is 2.68 bits per heavy atom. The predicted octanol–water partition coefficient (Wildman–Crippen LogP) is 1.20. The van der Waals surface area contributed by atoms with Crippen LogP contribution in [0.15, 0.2) is 36.4 Å². The molecule has 1 aromatic heterocycles. The molecule has 132 valence electrons. The minimum Gasteiger partial charge on any atom is -0.497 e. The molecule has 0 aliphatic heterocycles. The molecule has 0 aliphatic carbocycles. The number of fused-ring (bicyclic) bond motifs is 1. The predicted molar refractivity (Wildman–Crippen MR) is 89.9 cm³/mol. The largest absolute Gasteiger partial charge is 0.497 e. The van der Waals surface area contributed by atoms with Gasteiger partial charge in [-0.25, -0.2) is 14.2 Å². The van der Waals surface area contributed by atoms with Crippen molar-refractivity contribution in [2.45, 2.75) is 6.54 Å². The van der Waals surface area contributed by atoms with E-state index in [1.54, 1.807) is 31.4 Å². The summed E-state index contributed by atoms with van der Waals surface area (Å²) in [6.45, 7) is -0.0364. The van der Waals surface area contributed by atoms with Gasteiger partial charge in [0.05, 0.1) is 12.6 Å². The van der Waals surface area contributed by atoms with Crippen LogP contribution in [0, 0.1) is 5.82 Å². The van der Waals surface area contributed by atoms with E-state index >= 15 is 0 Å². The molecular weight excluding hydrogens is 349 g/mol. The average Bonchev–Trinajstić information content (AvgIpc) is 2.97. The first-order valence-corrected chi connectivity index (χ1v) is 8.72. The van der Waals surface area contributed by atoms with E-state index in [9.17, 15) is 12.8 Å². The smallest absolute Gasteiger partial charge is 0.276 e. The normalized spacial score (nSPS) is 12.0. The molecular formula is C15H16FN5O3S. The number of nitrogens with two attached hydrogens (primary N) is 1. The van der Waals surface area contributed by atoms with Gasteiger partial charge in [-0.2, -0.15) is 12.7 Å². The first-order valence-electron chi connectivity index (χ1n) is 7.22. The number of methoxy groups -OCH3 is 1. The first kappa shape index (κ1) is 17.3. The van der Waals surface area contributed by atoms with Gasteiger partial charge < -0.3 is 4.74 Å². The van der Waals surface area contributed by atoms with E-state index in [0.29, 0.717) is 22.3 Å². The zero-order chi connectivity index (χ0) is 18.2. The summed E-state index contributed by atoms with van der Waals surface area (Å²) >= 11 is 0.